The Kier molecular flexibility index (Phi) is 15.8. The van der Waals surface area contributed by atoms with E-state index in [1.54, 1.807) is 0 Å². The maximum absolute atomic E-state index is 6.20. The predicted molar refractivity (Wildman–Crippen MR) is 272 cm³/mol. The van der Waals surface area contributed by atoms with Crippen LogP contribution in [0.3, 0.4) is 0 Å². The first-order valence-corrected chi connectivity index (χ1v) is 22.4. The van der Waals surface area contributed by atoms with Crippen molar-refractivity contribution in [2.45, 2.75) is 59.8 Å². The molecule has 6 aromatic rings. The van der Waals surface area contributed by atoms with Gasteiger partial charge in [-0.3, -0.25) is 0 Å². The molecule has 3 aliphatic rings. The Labute approximate surface area is 380 Å². The van der Waals surface area contributed by atoms with Crippen molar-refractivity contribution in [1.82, 2.24) is 15.0 Å². The molecule has 2 heterocycles. The van der Waals surface area contributed by atoms with Crippen molar-refractivity contribution in [3.05, 3.63) is 246 Å². The van der Waals surface area contributed by atoms with Crippen LogP contribution < -0.4 is 0 Å². The monoisotopic (exact) mass is 835 g/mol. The molecule has 0 fully saturated rings. The van der Waals surface area contributed by atoms with E-state index in [0.29, 0.717) is 17.5 Å². The molecular formula is C60H57N3O. The van der Waals surface area contributed by atoms with Crippen molar-refractivity contribution in [1.29, 1.82) is 0 Å². The lowest BCUT2D eigenvalue weighted by Gasteiger charge is -2.10. The van der Waals surface area contributed by atoms with Gasteiger partial charge in [0.25, 0.3) is 0 Å². The first kappa shape index (κ1) is 44.6. The normalized spacial score (nSPS) is 14.4. The largest absolute Gasteiger partial charge is 0.456 e. The van der Waals surface area contributed by atoms with Crippen LogP contribution in [0.25, 0.3) is 56.5 Å². The van der Waals surface area contributed by atoms with Gasteiger partial charge in [-0.15, -0.1) is 0 Å². The predicted octanol–water partition coefficient (Wildman–Crippen LogP) is 16.2. The molecular weight excluding hydrogens is 779 g/mol. The van der Waals surface area contributed by atoms with Gasteiger partial charge >= 0.3 is 0 Å². The van der Waals surface area contributed by atoms with Crippen LogP contribution in [0.2, 0.25) is 0 Å². The van der Waals surface area contributed by atoms with Gasteiger partial charge in [-0.2, -0.15) is 0 Å². The molecule has 3 aliphatic carbocycles. The fourth-order valence-electron chi connectivity index (χ4n) is 7.91. The zero-order valence-electron chi connectivity index (χ0n) is 37.5. The summed E-state index contributed by atoms with van der Waals surface area (Å²) >= 11 is 0. The molecule has 0 unspecified atom stereocenters. The summed E-state index contributed by atoms with van der Waals surface area (Å²) in [5.41, 5.74) is 14.1. The Hall–Kier alpha value is -7.43. The number of fused-ring (bicyclic) bond motifs is 3. The molecule has 0 N–H and O–H groups in total. The molecule has 64 heavy (non-hydrogen) atoms. The van der Waals surface area contributed by atoms with Gasteiger partial charge in [-0.1, -0.05) is 214 Å². The Morgan fingerprint density at radius 1 is 0.672 bits per heavy atom. The highest BCUT2D eigenvalue weighted by molar-refractivity contribution is 5.98. The third-order valence-corrected chi connectivity index (χ3v) is 11.1. The van der Waals surface area contributed by atoms with Crippen LogP contribution in [0.15, 0.2) is 228 Å². The summed E-state index contributed by atoms with van der Waals surface area (Å²) in [5, 5.41) is 1.17. The zero-order chi connectivity index (χ0) is 44.5. The summed E-state index contributed by atoms with van der Waals surface area (Å²) in [6.07, 6.45) is 38.7. The number of benzene rings is 4. The number of furan rings is 1. The first-order chi connectivity index (χ1) is 31.6. The van der Waals surface area contributed by atoms with Gasteiger partial charge in [0.05, 0.1) is 0 Å². The van der Waals surface area contributed by atoms with Gasteiger partial charge in [0.1, 0.15) is 11.3 Å². The molecule has 318 valence electrons. The number of rotatable bonds is 10. The highest BCUT2D eigenvalue weighted by Gasteiger charge is 2.18. The Morgan fingerprint density at radius 3 is 2.09 bits per heavy atom. The van der Waals surface area contributed by atoms with Crippen molar-refractivity contribution in [3.63, 3.8) is 0 Å². The highest BCUT2D eigenvalue weighted by atomic mass is 16.3. The second-order valence-corrected chi connectivity index (χ2v) is 15.5. The molecule has 0 spiro atoms. The number of allylic oxidation sites excluding steroid dienone is 20. The molecule has 4 aromatic carbocycles. The van der Waals surface area contributed by atoms with E-state index in [9.17, 15) is 0 Å². The van der Waals surface area contributed by atoms with Crippen LogP contribution in [0.4, 0.5) is 0 Å². The SMILES string of the molecule is C=C/C=C\C/C(=C\C)C1=CC(Cc2ccccc2)=CC=CC1.CC.CC1=CC(c2nc(-c3ccccc3)nc(-c3ccc(-c4cccc5oc6c(c45)CC=CC=C6)cc3)n2)=CC=CC1. The first-order valence-electron chi connectivity index (χ1n) is 22.4. The third kappa shape index (κ3) is 11.3. The molecule has 9 rings (SSSR count). The number of nitrogens with zero attached hydrogens (tertiary/aromatic N) is 3. The van der Waals surface area contributed by atoms with Crippen LogP contribution in [0.5, 0.6) is 0 Å². The molecule has 4 heteroatoms. The molecule has 0 aliphatic heterocycles. The zero-order valence-corrected chi connectivity index (χ0v) is 37.5. The topological polar surface area (TPSA) is 51.8 Å². The fraction of sp³-hybridized carbons (Fsp3) is 0.150. The van der Waals surface area contributed by atoms with Crippen LogP contribution in [0, 0.1) is 0 Å². The van der Waals surface area contributed by atoms with Crippen molar-refractivity contribution in [2.24, 2.45) is 0 Å². The van der Waals surface area contributed by atoms with Crippen LogP contribution in [-0.4, -0.2) is 15.0 Å². The number of aromatic nitrogens is 3. The van der Waals surface area contributed by atoms with E-state index < -0.39 is 0 Å². The van der Waals surface area contributed by atoms with Crippen LogP contribution in [0.1, 0.15) is 69.7 Å². The average molecular weight is 836 g/mol. The maximum atomic E-state index is 6.20. The van der Waals surface area contributed by atoms with Gasteiger partial charge in [0.2, 0.25) is 0 Å². The lowest BCUT2D eigenvalue weighted by Crippen LogP contribution is -2.02. The summed E-state index contributed by atoms with van der Waals surface area (Å²) in [5.74, 6) is 2.92. The Balaban J connectivity index is 0.000000217. The maximum Gasteiger partial charge on any atom is 0.164 e. The van der Waals surface area contributed by atoms with Crippen molar-refractivity contribution < 1.29 is 4.42 Å². The number of hydrogen-bond donors (Lipinski definition) is 0. The fourth-order valence-corrected chi connectivity index (χ4v) is 7.91. The van der Waals surface area contributed by atoms with E-state index in [1.807, 2.05) is 74.5 Å². The van der Waals surface area contributed by atoms with Gasteiger partial charge in [0, 0.05) is 27.6 Å². The van der Waals surface area contributed by atoms with E-state index in [1.165, 1.54) is 38.8 Å². The van der Waals surface area contributed by atoms with Crippen LogP contribution >= 0.6 is 0 Å². The summed E-state index contributed by atoms with van der Waals surface area (Å²) in [7, 11) is 0. The van der Waals surface area contributed by atoms with Gasteiger partial charge in [-0.05, 0) is 91.5 Å². The molecule has 0 saturated carbocycles. The highest BCUT2D eigenvalue weighted by Crippen LogP contribution is 2.37. The van der Waals surface area contributed by atoms with E-state index in [2.05, 4.69) is 160 Å². The molecule has 0 atom stereocenters. The molecule has 4 nitrogen and oxygen atoms in total. The average Bonchev–Trinajstić information content (AvgIpc) is 3.61. The summed E-state index contributed by atoms with van der Waals surface area (Å²) in [4.78, 5) is 14.7. The Morgan fingerprint density at radius 2 is 1.34 bits per heavy atom. The Bertz CT molecular complexity index is 2870. The minimum atomic E-state index is 0.654. The summed E-state index contributed by atoms with van der Waals surface area (Å²) in [6.45, 7) is 12.0. The van der Waals surface area contributed by atoms with E-state index in [-0.39, 0.29) is 0 Å². The standard InChI is InChI=1S/C36H27N3O.C22H24.C2H6/c1-24-11-8-9-14-28(23-24)36-38-34(26-12-4-2-5-13-26)37-35(39-36)27-21-19-25(20-22-27)29-16-10-18-32-33(29)30-15-6-3-7-17-31(30)40-32;1-3-5-7-15-21(4-2)22-16-11-10-14-20(18-22)17-19-12-8-6-9-13-19;1-2/h2-10,12-14,16-23H,11,15H2,1H3;3-14,18H,1,15-17H2,2H3;1-2H3/b;7-5-,21-4+;. The second-order valence-electron chi connectivity index (χ2n) is 15.5. The summed E-state index contributed by atoms with van der Waals surface area (Å²) in [6, 6.07) is 35.5. The van der Waals surface area contributed by atoms with E-state index >= 15 is 0 Å². The molecule has 0 amide bonds. The molecule has 0 radical (unpaired) electrons. The van der Waals surface area contributed by atoms with Gasteiger partial charge < -0.3 is 4.42 Å². The van der Waals surface area contributed by atoms with Crippen molar-refractivity contribution in [2.75, 3.05) is 0 Å². The van der Waals surface area contributed by atoms with Crippen molar-refractivity contribution in [3.8, 4) is 33.9 Å². The molecule has 0 saturated heterocycles. The van der Waals surface area contributed by atoms with E-state index in [4.69, 9.17) is 19.4 Å². The van der Waals surface area contributed by atoms with E-state index in [0.717, 1.165) is 71.3 Å². The lowest BCUT2D eigenvalue weighted by atomic mass is 9.96. The smallest absolute Gasteiger partial charge is 0.164 e. The number of hydrogen-bond acceptors (Lipinski definition) is 4. The van der Waals surface area contributed by atoms with Gasteiger partial charge in [0.15, 0.2) is 17.5 Å². The van der Waals surface area contributed by atoms with Crippen LogP contribution in [-0.2, 0) is 12.8 Å². The second kappa shape index (κ2) is 22.6. The molecule has 2 aromatic heterocycles. The molecule has 0 bridgehead atoms. The summed E-state index contributed by atoms with van der Waals surface area (Å²) < 4.78 is 6.20. The van der Waals surface area contributed by atoms with Gasteiger partial charge in [-0.25, -0.2) is 15.0 Å². The van der Waals surface area contributed by atoms with Crippen molar-refractivity contribution >= 4 is 22.6 Å². The quantitative estimate of drug-likeness (QED) is 0.129. The minimum Gasteiger partial charge on any atom is -0.456 e. The third-order valence-electron chi connectivity index (χ3n) is 11.1. The minimum absolute atomic E-state index is 0.654. The lowest BCUT2D eigenvalue weighted by molar-refractivity contribution is 0.600.